The number of aromatic nitrogens is 1. The van der Waals surface area contributed by atoms with Crippen LogP contribution >= 0.6 is 0 Å². The van der Waals surface area contributed by atoms with E-state index in [-0.39, 0.29) is 11.7 Å². The second kappa shape index (κ2) is 11.5. The van der Waals surface area contributed by atoms with Crippen molar-refractivity contribution in [3.05, 3.63) is 48.7 Å². The fraction of sp³-hybridized carbons (Fsp3) is 0.519. The van der Waals surface area contributed by atoms with Crippen molar-refractivity contribution in [2.75, 3.05) is 56.2 Å². The van der Waals surface area contributed by atoms with E-state index in [0.29, 0.717) is 24.8 Å². The van der Waals surface area contributed by atoms with Crippen molar-refractivity contribution in [2.45, 2.75) is 32.6 Å². The maximum absolute atomic E-state index is 13.3. The van der Waals surface area contributed by atoms with Crippen molar-refractivity contribution >= 4 is 23.2 Å². The van der Waals surface area contributed by atoms with Crippen LogP contribution in [0.3, 0.4) is 0 Å². The minimum atomic E-state index is -0.411. The molecule has 1 aromatic heterocycles. The molecule has 2 fully saturated rings. The Bertz CT molecular complexity index is 951. The number of amides is 1. The molecule has 0 unspecified atom stereocenters. The molecule has 1 amide bonds. The first-order chi connectivity index (χ1) is 16.6. The monoisotopic (exact) mass is 464 g/mol. The lowest BCUT2D eigenvalue weighted by Crippen LogP contribution is -2.50. The lowest BCUT2D eigenvalue weighted by molar-refractivity contribution is -0.139. The van der Waals surface area contributed by atoms with Crippen LogP contribution in [0, 0.1) is 11.8 Å². The van der Waals surface area contributed by atoms with E-state index in [9.17, 15) is 9.59 Å². The average molecular weight is 465 g/mol. The third-order valence-electron chi connectivity index (χ3n) is 7.21. The molecule has 1 saturated carbocycles. The number of hydrogen-bond acceptors (Lipinski definition) is 6. The maximum atomic E-state index is 13.3. The zero-order valence-corrected chi connectivity index (χ0v) is 20.4. The predicted octanol–water partition coefficient (Wildman–Crippen LogP) is 3.64. The Morgan fingerprint density at radius 2 is 1.71 bits per heavy atom. The summed E-state index contributed by atoms with van der Waals surface area (Å²) in [6, 6.07) is 13.6. The first-order valence-electron chi connectivity index (χ1n) is 12.4. The van der Waals surface area contributed by atoms with Crippen molar-refractivity contribution in [1.29, 1.82) is 0 Å². The SMILES string of the molecule is COc1ccccc1N1CCN(CCN(C(=O)C(=O)C2CCC(C)CC2)c2ccccn2)CC1. The lowest BCUT2D eigenvalue weighted by atomic mass is 9.80. The number of piperazine rings is 1. The van der Waals surface area contributed by atoms with Crippen LogP contribution in [0.5, 0.6) is 5.75 Å². The number of carbonyl (C=O) groups is 2. The van der Waals surface area contributed by atoms with Gasteiger partial charge in [-0.1, -0.05) is 38.0 Å². The zero-order chi connectivity index (χ0) is 23.9. The highest BCUT2D eigenvalue weighted by Gasteiger charge is 2.33. The summed E-state index contributed by atoms with van der Waals surface area (Å²) < 4.78 is 5.52. The fourth-order valence-electron chi connectivity index (χ4n) is 5.01. The number of pyridine rings is 1. The molecule has 0 N–H and O–H groups in total. The Morgan fingerprint density at radius 1 is 1.00 bits per heavy atom. The van der Waals surface area contributed by atoms with E-state index in [4.69, 9.17) is 4.74 Å². The molecule has 0 radical (unpaired) electrons. The summed E-state index contributed by atoms with van der Waals surface area (Å²) in [5, 5.41) is 0. The average Bonchev–Trinajstić information content (AvgIpc) is 2.89. The summed E-state index contributed by atoms with van der Waals surface area (Å²) in [6.45, 7) is 6.93. The van der Waals surface area contributed by atoms with Crippen LogP contribution in [0.25, 0.3) is 0 Å². The molecule has 7 nitrogen and oxygen atoms in total. The highest BCUT2D eigenvalue weighted by atomic mass is 16.5. The maximum Gasteiger partial charge on any atom is 0.295 e. The molecule has 2 aliphatic rings. The second-order valence-electron chi connectivity index (χ2n) is 9.47. The number of ether oxygens (including phenoxy) is 1. The van der Waals surface area contributed by atoms with E-state index in [0.717, 1.165) is 63.3 Å². The number of Topliss-reactive ketones (excluding diaryl/α,β-unsaturated/α-hetero) is 1. The van der Waals surface area contributed by atoms with Crippen LogP contribution in [0.2, 0.25) is 0 Å². The van der Waals surface area contributed by atoms with Gasteiger partial charge in [0.1, 0.15) is 11.6 Å². The lowest BCUT2D eigenvalue weighted by Gasteiger charge is -2.37. The minimum absolute atomic E-state index is 0.153. The smallest absolute Gasteiger partial charge is 0.295 e. The molecule has 7 heteroatoms. The normalized spacial score (nSPS) is 21.2. The first-order valence-corrected chi connectivity index (χ1v) is 12.4. The molecule has 2 heterocycles. The Labute approximate surface area is 202 Å². The van der Waals surface area contributed by atoms with Gasteiger partial charge in [-0.25, -0.2) is 4.98 Å². The molecule has 0 bridgehead atoms. The Balaban J connectivity index is 1.37. The molecule has 1 aromatic carbocycles. The summed E-state index contributed by atoms with van der Waals surface area (Å²) >= 11 is 0. The fourth-order valence-corrected chi connectivity index (χ4v) is 5.01. The number of carbonyl (C=O) groups excluding carboxylic acids is 2. The third-order valence-corrected chi connectivity index (χ3v) is 7.21. The van der Waals surface area contributed by atoms with Crippen LogP contribution in [-0.4, -0.2) is 68.0 Å². The van der Waals surface area contributed by atoms with Crippen LogP contribution in [-0.2, 0) is 9.59 Å². The number of methoxy groups -OCH3 is 1. The number of nitrogens with zero attached hydrogens (tertiary/aromatic N) is 4. The van der Waals surface area contributed by atoms with E-state index in [1.54, 1.807) is 18.2 Å². The molecule has 0 atom stereocenters. The third kappa shape index (κ3) is 5.76. The molecule has 1 aliphatic carbocycles. The van der Waals surface area contributed by atoms with Gasteiger partial charge in [0.25, 0.3) is 5.91 Å². The molecule has 1 aliphatic heterocycles. The van der Waals surface area contributed by atoms with E-state index >= 15 is 0 Å². The Kier molecular flexibility index (Phi) is 8.16. The topological polar surface area (TPSA) is 66.0 Å². The van der Waals surface area contributed by atoms with Gasteiger partial charge in [0.2, 0.25) is 5.78 Å². The summed E-state index contributed by atoms with van der Waals surface area (Å²) in [4.78, 5) is 37.0. The number of para-hydroxylation sites is 2. The number of rotatable bonds is 8. The summed E-state index contributed by atoms with van der Waals surface area (Å²) in [5.74, 6) is 1.26. The van der Waals surface area contributed by atoms with Gasteiger partial charge in [-0.15, -0.1) is 0 Å². The van der Waals surface area contributed by atoms with Crippen LogP contribution < -0.4 is 14.5 Å². The van der Waals surface area contributed by atoms with Gasteiger partial charge in [0.05, 0.1) is 12.8 Å². The predicted molar refractivity (Wildman–Crippen MR) is 134 cm³/mol. The zero-order valence-electron chi connectivity index (χ0n) is 20.4. The second-order valence-corrected chi connectivity index (χ2v) is 9.47. The van der Waals surface area contributed by atoms with Gasteiger partial charge in [-0.05, 0) is 43.0 Å². The van der Waals surface area contributed by atoms with Crippen LogP contribution in [0.1, 0.15) is 32.6 Å². The largest absolute Gasteiger partial charge is 0.495 e. The van der Waals surface area contributed by atoms with Gasteiger partial charge < -0.3 is 9.64 Å². The summed E-state index contributed by atoms with van der Waals surface area (Å²) in [6.07, 6.45) is 5.33. The van der Waals surface area contributed by atoms with E-state index in [1.165, 1.54) is 0 Å². The van der Waals surface area contributed by atoms with Crippen molar-refractivity contribution in [3.63, 3.8) is 0 Å². The Morgan fingerprint density at radius 3 is 2.38 bits per heavy atom. The molecule has 1 saturated heterocycles. The minimum Gasteiger partial charge on any atom is -0.495 e. The quantitative estimate of drug-likeness (QED) is 0.556. The first kappa shape index (κ1) is 24.2. The van der Waals surface area contributed by atoms with Crippen LogP contribution in [0.4, 0.5) is 11.5 Å². The number of anilines is 2. The van der Waals surface area contributed by atoms with E-state index in [2.05, 4.69) is 27.8 Å². The van der Waals surface area contributed by atoms with Gasteiger partial charge in [0, 0.05) is 51.4 Å². The van der Waals surface area contributed by atoms with Crippen molar-refractivity contribution < 1.29 is 14.3 Å². The van der Waals surface area contributed by atoms with Gasteiger partial charge in [-0.2, -0.15) is 0 Å². The van der Waals surface area contributed by atoms with E-state index < -0.39 is 5.91 Å². The molecule has 182 valence electrons. The standard InChI is InChI=1S/C27H36N4O3/c1-21-10-12-22(13-11-21)26(32)27(33)31(25-9-5-6-14-28-25)20-17-29-15-18-30(19-16-29)23-7-3-4-8-24(23)34-2/h3-9,14,21-22H,10-13,15-20H2,1-2H3. The number of hydrogen-bond donors (Lipinski definition) is 0. The molecule has 0 spiro atoms. The molecular formula is C27H36N4O3. The number of benzene rings is 1. The molecule has 4 rings (SSSR count). The van der Waals surface area contributed by atoms with Gasteiger partial charge >= 0.3 is 0 Å². The van der Waals surface area contributed by atoms with Crippen molar-refractivity contribution in [2.24, 2.45) is 11.8 Å². The van der Waals surface area contributed by atoms with Crippen LogP contribution in [0.15, 0.2) is 48.7 Å². The van der Waals surface area contributed by atoms with E-state index in [1.807, 2.05) is 36.4 Å². The molecule has 34 heavy (non-hydrogen) atoms. The Hall–Kier alpha value is -2.93. The van der Waals surface area contributed by atoms with Gasteiger partial charge in [0.15, 0.2) is 0 Å². The number of ketones is 1. The summed E-state index contributed by atoms with van der Waals surface area (Å²) in [5.41, 5.74) is 1.11. The summed E-state index contributed by atoms with van der Waals surface area (Å²) in [7, 11) is 1.70. The molecule has 2 aromatic rings. The molecular weight excluding hydrogens is 428 g/mol. The highest BCUT2D eigenvalue weighted by Crippen LogP contribution is 2.30. The van der Waals surface area contributed by atoms with Gasteiger partial charge in [-0.3, -0.25) is 19.4 Å². The van der Waals surface area contributed by atoms with Crippen molar-refractivity contribution in [3.8, 4) is 5.75 Å². The highest BCUT2D eigenvalue weighted by molar-refractivity contribution is 6.41. The van der Waals surface area contributed by atoms with Crippen molar-refractivity contribution in [1.82, 2.24) is 9.88 Å².